The molecule has 1 saturated heterocycles. The van der Waals surface area contributed by atoms with Crippen molar-refractivity contribution in [3.8, 4) is 0 Å². The molecule has 4 nitrogen and oxygen atoms in total. The molecule has 1 aromatic rings. The lowest BCUT2D eigenvalue weighted by Gasteiger charge is -2.15. The van der Waals surface area contributed by atoms with E-state index in [0.717, 1.165) is 25.5 Å². The van der Waals surface area contributed by atoms with Gasteiger partial charge in [0.1, 0.15) is 0 Å². The molecule has 0 bridgehead atoms. The normalized spacial score (nSPS) is 19.7. The number of sulfonamides is 1. The number of hydrogen-bond donors (Lipinski definition) is 2. The summed E-state index contributed by atoms with van der Waals surface area (Å²) >= 11 is 2.81. The summed E-state index contributed by atoms with van der Waals surface area (Å²) in [7, 11) is -3.69. The lowest BCUT2D eigenvalue weighted by molar-refractivity contribution is -0.138. The van der Waals surface area contributed by atoms with Gasteiger partial charge in [-0.25, -0.2) is 8.42 Å². The van der Waals surface area contributed by atoms with E-state index in [1.54, 1.807) is 0 Å². The molecule has 0 radical (unpaired) electrons. The van der Waals surface area contributed by atoms with Gasteiger partial charge in [0, 0.05) is 16.2 Å². The van der Waals surface area contributed by atoms with Crippen LogP contribution in [0.3, 0.4) is 0 Å². The maximum Gasteiger partial charge on any atom is 0.417 e. The predicted octanol–water partition coefficient (Wildman–Crippen LogP) is 2.96. The van der Waals surface area contributed by atoms with Crippen LogP contribution in [0.25, 0.3) is 0 Å². The molecule has 1 unspecified atom stereocenters. The van der Waals surface area contributed by atoms with E-state index in [-0.39, 0.29) is 22.0 Å². The average Bonchev–Trinajstić information content (AvgIpc) is 2.81. The Kier molecular flexibility index (Phi) is 4.84. The minimum absolute atomic E-state index is 0.0940. The van der Waals surface area contributed by atoms with Crippen molar-refractivity contribution in [1.82, 2.24) is 5.32 Å². The van der Waals surface area contributed by atoms with Gasteiger partial charge < -0.3 is 5.32 Å². The van der Waals surface area contributed by atoms with Crippen LogP contribution in [0.5, 0.6) is 0 Å². The van der Waals surface area contributed by atoms with Crippen LogP contribution in [-0.2, 0) is 16.2 Å². The summed E-state index contributed by atoms with van der Waals surface area (Å²) in [5, 5.41) is 3.04. The lowest BCUT2D eigenvalue weighted by Crippen LogP contribution is -2.32. The minimum Gasteiger partial charge on any atom is -0.313 e. The second-order valence-corrected chi connectivity index (χ2v) is 7.49. The fourth-order valence-corrected chi connectivity index (χ4v) is 4.05. The summed E-state index contributed by atoms with van der Waals surface area (Å²) in [4.78, 5) is 0. The van der Waals surface area contributed by atoms with Gasteiger partial charge in [-0.3, -0.25) is 4.72 Å². The third kappa shape index (κ3) is 4.58. The maximum absolute atomic E-state index is 12.8. The molecule has 1 aliphatic heterocycles. The smallest absolute Gasteiger partial charge is 0.313 e. The van der Waals surface area contributed by atoms with Crippen molar-refractivity contribution >= 4 is 31.6 Å². The highest BCUT2D eigenvalue weighted by Crippen LogP contribution is 2.36. The topological polar surface area (TPSA) is 58.2 Å². The lowest BCUT2D eigenvalue weighted by atomic mass is 10.2. The Morgan fingerprint density at radius 2 is 2.10 bits per heavy atom. The van der Waals surface area contributed by atoms with Gasteiger partial charge in [0.05, 0.1) is 11.3 Å². The van der Waals surface area contributed by atoms with Crippen LogP contribution in [0.4, 0.5) is 18.9 Å². The molecule has 1 aromatic carbocycles. The molecule has 1 heterocycles. The Morgan fingerprint density at radius 3 is 2.67 bits per heavy atom. The average molecular weight is 387 g/mol. The van der Waals surface area contributed by atoms with Crippen LogP contribution < -0.4 is 10.0 Å². The van der Waals surface area contributed by atoms with E-state index in [0.29, 0.717) is 0 Å². The van der Waals surface area contributed by atoms with E-state index >= 15 is 0 Å². The summed E-state index contributed by atoms with van der Waals surface area (Å²) in [5.74, 6) is -0.148. The van der Waals surface area contributed by atoms with Crippen molar-refractivity contribution in [2.45, 2.75) is 25.1 Å². The molecule has 9 heteroatoms. The quantitative estimate of drug-likeness (QED) is 0.836. The minimum atomic E-state index is -4.55. The highest BCUT2D eigenvalue weighted by atomic mass is 79.9. The monoisotopic (exact) mass is 386 g/mol. The van der Waals surface area contributed by atoms with Gasteiger partial charge in [-0.2, -0.15) is 13.2 Å². The largest absolute Gasteiger partial charge is 0.417 e. The Labute approximate surface area is 129 Å². The number of halogens is 4. The molecule has 118 valence electrons. The fourth-order valence-electron chi connectivity index (χ4n) is 2.19. The Bertz CT molecular complexity index is 613. The van der Waals surface area contributed by atoms with E-state index < -0.39 is 21.8 Å². The molecule has 1 aliphatic rings. The molecule has 0 spiro atoms. The number of benzene rings is 1. The van der Waals surface area contributed by atoms with E-state index in [9.17, 15) is 21.6 Å². The van der Waals surface area contributed by atoms with E-state index in [4.69, 9.17) is 0 Å². The van der Waals surface area contributed by atoms with Crippen molar-refractivity contribution in [3.05, 3.63) is 28.2 Å². The van der Waals surface area contributed by atoms with Gasteiger partial charge in [0.2, 0.25) is 10.0 Å². The first-order valence-electron chi connectivity index (χ1n) is 6.28. The van der Waals surface area contributed by atoms with Gasteiger partial charge in [-0.15, -0.1) is 0 Å². The Hall–Kier alpha value is -0.800. The van der Waals surface area contributed by atoms with E-state index in [1.807, 2.05) is 0 Å². The van der Waals surface area contributed by atoms with Gasteiger partial charge in [0.25, 0.3) is 0 Å². The number of alkyl halides is 3. The summed E-state index contributed by atoms with van der Waals surface area (Å²) in [6.07, 6.45) is -2.90. The zero-order chi connectivity index (χ0) is 15.7. The molecular weight excluding hydrogens is 373 g/mol. The zero-order valence-electron chi connectivity index (χ0n) is 10.9. The molecule has 0 aromatic heterocycles. The van der Waals surface area contributed by atoms with E-state index in [1.165, 1.54) is 12.1 Å². The second-order valence-electron chi connectivity index (χ2n) is 4.87. The molecule has 2 N–H and O–H groups in total. The molecule has 0 amide bonds. The predicted molar refractivity (Wildman–Crippen MR) is 77.6 cm³/mol. The molecule has 1 fully saturated rings. The number of nitrogens with one attached hydrogen (secondary N) is 2. The molecular formula is C12H14BrF3N2O2S. The maximum atomic E-state index is 12.8. The molecule has 0 aliphatic carbocycles. The van der Waals surface area contributed by atoms with Crippen LogP contribution in [0, 0.1) is 0 Å². The van der Waals surface area contributed by atoms with Crippen LogP contribution in [0.2, 0.25) is 0 Å². The Morgan fingerprint density at radius 1 is 1.38 bits per heavy atom. The van der Waals surface area contributed by atoms with Crippen molar-refractivity contribution in [1.29, 1.82) is 0 Å². The van der Waals surface area contributed by atoms with Gasteiger partial charge >= 0.3 is 6.18 Å². The number of rotatable bonds is 4. The SMILES string of the molecule is O=S(=O)(CC1CCCN1)Nc1ccc(Br)c(C(F)(F)F)c1. The van der Waals surface area contributed by atoms with Crippen LogP contribution in [0.15, 0.2) is 22.7 Å². The molecule has 0 saturated carbocycles. The summed E-state index contributed by atoms with van der Waals surface area (Å²) < 4.78 is 64.3. The number of anilines is 1. The van der Waals surface area contributed by atoms with Gasteiger partial charge in [-0.05, 0) is 37.6 Å². The number of hydrogen-bond acceptors (Lipinski definition) is 3. The van der Waals surface area contributed by atoms with Gasteiger partial charge in [0.15, 0.2) is 0 Å². The standard InChI is InChI=1S/C12H14BrF3N2O2S/c13-11-4-3-8(6-10(11)12(14,15)16)18-21(19,20)7-9-2-1-5-17-9/h3-4,6,9,17-18H,1-2,5,7H2. The van der Waals surface area contributed by atoms with Crippen molar-refractivity contribution in [3.63, 3.8) is 0 Å². The molecule has 1 atom stereocenters. The first-order chi connectivity index (χ1) is 9.67. The van der Waals surface area contributed by atoms with Crippen LogP contribution in [-0.4, -0.2) is 26.8 Å². The first kappa shape index (κ1) is 16.6. The first-order valence-corrected chi connectivity index (χ1v) is 8.72. The third-order valence-electron chi connectivity index (χ3n) is 3.13. The summed E-state index contributed by atoms with van der Waals surface area (Å²) in [5.41, 5.74) is -1.01. The summed E-state index contributed by atoms with van der Waals surface area (Å²) in [6.45, 7) is 0.761. The highest BCUT2D eigenvalue weighted by Gasteiger charge is 2.33. The highest BCUT2D eigenvalue weighted by molar-refractivity contribution is 9.10. The van der Waals surface area contributed by atoms with Crippen molar-refractivity contribution < 1.29 is 21.6 Å². The molecule has 2 rings (SSSR count). The van der Waals surface area contributed by atoms with Crippen molar-refractivity contribution in [2.24, 2.45) is 0 Å². The van der Waals surface area contributed by atoms with Crippen LogP contribution in [0.1, 0.15) is 18.4 Å². The van der Waals surface area contributed by atoms with E-state index in [2.05, 4.69) is 26.0 Å². The third-order valence-corrected chi connectivity index (χ3v) is 5.21. The Balaban J connectivity index is 2.15. The van der Waals surface area contributed by atoms with Crippen molar-refractivity contribution in [2.75, 3.05) is 17.0 Å². The molecule has 21 heavy (non-hydrogen) atoms. The van der Waals surface area contributed by atoms with Crippen LogP contribution >= 0.6 is 15.9 Å². The zero-order valence-corrected chi connectivity index (χ0v) is 13.3. The summed E-state index contributed by atoms with van der Waals surface area (Å²) in [6, 6.07) is 3.09. The fraction of sp³-hybridized carbons (Fsp3) is 0.500. The van der Waals surface area contributed by atoms with Gasteiger partial charge in [-0.1, -0.05) is 15.9 Å². The second kappa shape index (κ2) is 6.13.